The zero-order valence-electron chi connectivity index (χ0n) is 19.1. The van der Waals surface area contributed by atoms with Crippen molar-refractivity contribution in [3.63, 3.8) is 0 Å². The van der Waals surface area contributed by atoms with E-state index in [9.17, 15) is 0 Å². The number of anilines is 1. The summed E-state index contributed by atoms with van der Waals surface area (Å²) in [4.78, 5) is 0. The van der Waals surface area contributed by atoms with Crippen LogP contribution in [0, 0.1) is 0 Å². The van der Waals surface area contributed by atoms with Gasteiger partial charge in [-0.1, -0.05) is 112 Å². The summed E-state index contributed by atoms with van der Waals surface area (Å²) in [5, 5.41) is 0. The van der Waals surface area contributed by atoms with E-state index in [1.54, 1.807) is 0 Å². The molecule has 32 heavy (non-hydrogen) atoms. The predicted octanol–water partition coefficient (Wildman–Crippen LogP) is 5.68. The lowest BCUT2D eigenvalue weighted by molar-refractivity contribution is 0.421. The summed E-state index contributed by atoms with van der Waals surface area (Å²) in [5.74, 6) is 2.56. The van der Waals surface area contributed by atoms with E-state index in [0.29, 0.717) is 5.82 Å². The second-order valence-electron chi connectivity index (χ2n) is 9.93. The monoisotopic (exact) mass is 417 g/mol. The highest BCUT2D eigenvalue weighted by molar-refractivity contribution is 6.88. The number of hydrogen-bond acceptors (Lipinski definition) is 2. The summed E-state index contributed by atoms with van der Waals surface area (Å²) in [6, 6.07) is 26.6. The van der Waals surface area contributed by atoms with E-state index in [-0.39, 0.29) is 12.6 Å². The van der Waals surface area contributed by atoms with E-state index in [1.165, 1.54) is 38.7 Å². The fourth-order valence-electron chi connectivity index (χ4n) is 6.34. The van der Waals surface area contributed by atoms with E-state index < -0.39 is 5.41 Å². The van der Waals surface area contributed by atoms with Gasteiger partial charge in [-0.05, 0) is 33.3 Å². The molecule has 4 aromatic rings. The molecule has 6 rings (SSSR count). The molecule has 158 valence electrons. The summed E-state index contributed by atoms with van der Waals surface area (Å²) in [7, 11) is 0. The summed E-state index contributed by atoms with van der Waals surface area (Å²) < 4.78 is 6.86. The first-order valence-corrected chi connectivity index (χ1v) is 11.7. The quantitative estimate of drug-likeness (QED) is 0.376. The Labute approximate surface area is 190 Å². The Morgan fingerprint density at radius 1 is 0.750 bits per heavy atom. The van der Waals surface area contributed by atoms with Crippen LogP contribution >= 0.6 is 0 Å². The Hall–Kier alpha value is -3.20. The fourth-order valence-corrected chi connectivity index (χ4v) is 6.34. The largest absolute Gasteiger partial charge is 0.462 e. The Bertz CT molecular complexity index is 1320. The van der Waals surface area contributed by atoms with Crippen molar-refractivity contribution in [3.8, 4) is 11.1 Å². The zero-order chi connectivity index (χ0) is 22.2. The average molecular weight is 417 g/mol. The van der Waals surface area contributed by atoms with Crippen molar-refractivity contribution in [2.45, 2.75) is 44.8 Å². The Balaban J connectivity index is 1.85. The molecule has 0 atom stereocenters. The first-order chi connectivity index (χ1) is 15.5. The molecule has 1 spiro atoms. The van der Waals surface area contributed by atoms with Gasteiger partial charge in [-0.2, -0.15) is 0 Å². The lowest BCUT2D eigenvalue weighted by Gasteiger charge is -2.40. The standard InChI is InChI=1S/C29H28BNO/c1-17(2)27-26(31)25-28(32-27)29(23-15-9-10-16-24(23)30(25)18(3)4)21-13-7-5-11-19(21)20-12-6-8-14-22(20)29/h5-18H,31H2,1-4H3. The molecule has 1 aliphatic heterocycles. The van der Waals surface area contributed by atoms with Crippen LogP contribution in [-0.4, -0.2) is 6.71 Å². The number of benzene rings is 3. The normalized spacial score (nSPS) is 15.1. The van der Waals surface area contributed by atoms with Crippen molar-refractivity contribution < 1.29 is 4.42 Å². The summed E-state index contributed by atoms with van der Waals surface area (Å²) >= 11 is 0. The number of fused-ring (bicyclic) bond motifs is 9. The van der Waals surface area contributed by atoms with E-state index in [4.69, 9.17) is 10.2 Å². The zero-order valence-corrected chi connectivity index (χ0v) is 19.1. The highest BCUT2D eigenvalue weighted by Crippen LogP contribution is 2.57. The minimum atomic E-state index is -0.480. The van der Waals surface area contributed by atoms with Crippen molar-refractivity contribution in [2.24, 2.45) is 0 Å². The molecule has 1 aliphatic carbocycles. The Kier molecular flexibility index (Phi) is 4.05. The molecule has 3 aromatic carbocycles. The van der Waals surface area contributed by atoms with E-state index in [2.05, 4.69) is 100 Å². The van der Waals surface area contributed by atoms with E-state index >= 15 is 0 Å². The van der Waals surface area contributed by atoms with Crippen LogP contribution in [0.2, 0.25) is 5.82 Å². The van der Waals surface area contributed by atoms with Crippen LogP contribution in [0.3, 0.4) is 0 Å². The summed E-state index contributed by atoms with van der Waals surface area (Å²) in [5.41, 5.74) is 16.3. The van der Waals surface area contributed by atoms with Gasteiger partial charge in [0, 0.05) is 5.92 Å². The third kappa shape index (κ3) is 2.21. The van der Waals surface area contributed by atoms with Gasteiger partial charge in [-0.15, -0.1) is 0 Å². The molecule has 3 heteroatoms. The SMILES string of the molecule is CC(C)B1c2ccccc2C2(c3ccccc3-c3ccccc32)c2oc(C(C)C)c(N)c21. The molecule has 2 N–H and O–H groups in total. The maximum atomic E-state index is 6.91. The van der Waals surface area contributed by atoms with Crippen LogP contribution in [0.5, 0.6) is 0 Å². The van der Waals surface area contributed by atoms with Crippen LogP contribution in [0.25, 0.3) is 11.1 Å². The van der Waals surface area contributed by atoms with Gasteiger partial charge in [0.05, 0.1) is 5.69 Å². The van der Waals surface area contributed by atoms with Crippen LogP contribution in [0.15, 0.2) is 77.2 Å². The van der Waals surface area contributed by atoms with Gasteiger partial charge in [-0.25, -0.2) is 0 Å². The minimum Gasteiger partial charge on any atom is -0.462 e. The number of nitrogens with two attached hydrogens (primary N) is 1. The number of hydrogen-bond donors (Lipinski definition) is 1. The van der Waals surface area contributed by atoms with E-state index in [1.807, 2.05) is 0 Å². The van der Waals surface area contributed by atoms with Crippen molar-refractivity contribution in [1.29, 1.82) is 0 Å². The molecular formula is C29H28BNO. The fraction of sp³-hybridized carbons (Fsp3) is 0.241. The maximum Gasteiger partial charge on any atom is 0.219 e. The van der Waals surface area contributed by atoms with Crippen LogP contribution in [0.1, 0.15) is 61.8 Å². The number of rotatable bonds is 2. The second kappa shape index (κ2) is 6.65. The van der Waals surface area contributed by atoms with Crippen molar-refractivity contribution in [2.75, 3.05) is 5.73 Å². The molecule has 0 bridgehead atoms. The average Bonchev–Trinajstić information content (AvgIpc) is 3.29. The molecule has 2 heterocycles. The number of nitrogen functional groups attached to an aromatic ring is 1. The Morgan fingerprint density at radius 3 is 1.84 bits per heavy atom. The molecule has 2 nitrogen and oxygen atoms in total. The van der Waals surface area contributed by atoms with Crippen molar-refractivity contribution >= 4 is 23.3 Å². The van der Waals surface area contributed by atoms with Crippen LogP contribution in [0.4, 0.5) is 5.69 Å². The molecule has 0 amide bonds. The number of furan rings is 1. The first-order valence-electron chi connectivity index (χ1n) is 11.7. The summed E-state index contributed by atoms with van der Waals surface area (Å²) in [6.07, 6.45) is 0. The molecule has 0 radical (unpaired) electrons. The molecular weight excluding hydrogens is 389 g/mol. The Morgan fingerprint density at radius 2 is 1.28 bits per heavy atom. The van der Waals surface area contributed by atoms with Gasteiger partial charge in [-0.3, -0.25) is 0 Å². The molecule has 0 saturated carbocycles. The van der Waals surface area contributed by atoms with Gasteiger partial charge < -0.3 is 10.2 Å². The highest BCUT2D eigenvalue weighted by Gasteiger charge is 2.56. The predicted molar refractivity (Wildman–Crippen MR) is 135 cm³/mol. The van der Waals surface area contributed by atoms with Gasteiger partial charge in [0.2, 0.25) is 6.71 Å². The minimum absolute atomic E-state index is 0.211. The molecule has 1 aromatic heterocycles. The molecule has 0 unspecified atom stereocenters. The lowest BCUT2D eigenvalue weighted by Crippen LogP contribution is -2.57. The van der Waals surface area contributed by atoms with Crippen molar-refractivity contribution in [1.82, 2.24) is 0 Å². The molecule has 0 saturated heterocycles. The third-order valence-electron chi connectivity index (χ3n) is 7.51. The van der Waals surface area contributed by atoms with Crippen molar-refractivity contribution in [3.05, 3.63) is 101 Å². The van der Waals surface area contributed by atoms with Crippen LogP contribution in [-0.2, 0) is 5.41 Å². The smallest absolute Gasteiger partial charge is 0.219 e. The van der Waals surface area contributed by atoms with Gasteiger partial charge in [0.1, 0.15) is 16.9 Å². The third-order valence-corrected chi connectivity index (χ3v) is 7.51. The highest BCUT2D eigenvalue weighted by atomic mass is 16.3. The van der Waals surface area contributed by atoms with Crippen LogP contribution < -0.4 is 16.7 Å². The maximum absolute atomic E-state index is 6.91. The van der Waals surface area contributed by atoms with Gasteiger partial charge >= 0.3 is 0 Å². The second-order valence-corrected chi connectivity index (χ2v) is 9.93. The lowest BCUT2D eigenvalue weighted by atomic mass is 9.29. The first kappa shape index (κ1) is 19.5. The van der Waals surface area contributed by atoms with Gasteiger partial charge in [0.15, 0.2) is 0 Å². The molecule has 2 aliphatic rings. The topological polar surface area (TPSA) is 39.2 Å². The van der Waals surface area contributed by atoms with E-state index in [0.717, 1.165) is 17.2 Å². The van der Waals surface area contributed by atoms with Gasteiger partial charge in [0.25, 0.3) is 0 Å². The molecule has 0 fully saturated rings. The summed E-state index contributed by atoms with van der Waals surface area (Å²) in [6.45, 7) is 9.13.